The molecular weight excluding hydrogens is 318 g/mol. The number of phenolic OH excluding ortho intramolecular Hbond substituents is 1. The molecule has 2 aromatic carbocycles. The van der Waals surface area contributed by atoms with E-state index in [1.54, 1.807) is 42.5 Å². The van der Waals surface area contributed by atoms with Crippen LogP contribution in [0.25, 0.3) is 10.9 Å². The molecule has 118 valence electrons. The van der Waals surface area contributed by atoms with Gasteiger partial charge in [-0.2, -0.15) is 0 Å². The predicted molar refractivity (Wildman–Crippen MR) is 89.5 cm³/mol. The van der Waals surface area contributed by atoms with Crippen LogP contribution in [0.3, 0.4) is 0 Å². The van der Waals surface area contributed by atoms with Crippen LogP contribution in [-0.2, 0) is 4.74 Å². The maximum absolute atomic E-state index is 11.6. The van der Waals surface area contributed by atoms with Gasteiger partial charge in [-0.1, -0.05) is 0 Å². The Morgan fingerprint density at radius 2 is 1.87 bits per heavy atom. The summed E-state index contributed by atoms with van der Waals surface area (Å²) in [5, 5.41) is 13.2. The molecule has 1 heterocycles. The van der Waals surface area contributed by atoms with Gasteiger partial charge in [-0.05, 0) is 42.5 Å². The van der Waals surface area contributed by atoms with Crippen molar-refractivity contribution in [3.8, 4) is 5.75 Å². The molecule has 1 aromatic heterocycles. The summed E-state index contributed by atoms with van der Waals surface area (Å²) < 4.78 is 4.70. The van der Waals surface area contributed by atoms with Gasteiger partial charge in [0.2, 0.25) is 0 Å². The Morgan fingerprint density at radius 3 is 2.57 bits per heavy atom. The molecule has 0 bridgehead atoms. The number of aromatic hydroxyl groups is 1. The van der Waals surface area contributed by atoms with Crippen molar-refractivity contribution >= 4 is 40.8 Å². The van der Waals surface area contributed by atoms with Gasteiger partial charge in [-0.3, -0.25) is 0 Å². The number of fused-ring (bicyclic) bond motifs is 1. The maximum Gasteiger partial charge on any atom is 0.337 e. The fourth-order valence-electron chi connectivity index (χ4n) is 2.08. The lowest BCUT2D eigenvalue weighted by molar-refractivity contribution is 0.0601. The second kappa shape index (κ2) is 6.93. The van der Waals surface area contributed by atoms with E-state index in [4.69, 9.17) is 4.74 Å². The number of benzene rings is 2. The van der Waals surface area contributed by atoms with E-state index in [0.29, 0.717) is 16.9 Å². The van der Waals surface area contributed by atoms with E-state index >= 15 is 0 Å². The van der Waals surface area contributed by atoms with E-state index in [1.807, 2.05) is 0 Å². The van der Waals surface area contributed by atoms with Crippen LogP contribution in [0.2, 0.25) is 0 Å². The van der Waals surface area contributed by atoms with E-state index in [-0.39, 0.29) is 18.2 Å². The van der Waals surface area contributed by atoms with Crippen LogP contribution in [-0.4, -0.2) is 28.2 Å². The topological polar surface area (TPSA) is 84.3 Å². The SMILES string of the molecule is COC(=O)c1ccc2c(Nc3ccc(O)cc3)ncnc2c1.Cl. The molecule has 0 fully saturated rings. The van der Waals surface area contributed by atoms with Crippen molar-refractivity contribution < 1.29 is 14.6 Å². The fraction of sp³-hybridized carbons (Fsp3) is 0.0625. The Labute approximate surface area is 138 Å². The molecule has 0 aliphatic rings. The van der Waals surface area contributed by atoms with Crippen molar-refractivity contribution in [3.63, 3.8) is 0 Å². The van der Waals surface area contributed by atoms with Crippen LogP contribution >= 0.6 is 12.4 Å². The van der Waals surface area contributed by atoms with Crippen LogP contribution < -0.4 is 5.32 Å². The molecular formula is C16H14ClN3O3. The minimum absolute atomic E-state index is 0. The largest absolute Gasteiger partial charge is 0.508 e. The fourth-order valence-corrected chi connectivity index (χ4v) is 2.08. The van der Waals surface area contributed by atoms with Crippen molar-refractivity contribution in [2.24, 2.45) is 0 Å². The summed E-state index contributed by atoms with van der Waals surface area (Å²) in [7, 11) is 1.34. The van der Waals surface area contributed by atoms with Crippen LogP contribution in [0.5, 0.6) is 5.75 Å². The number of anilines is 2. The lowest BCUT2D eigenvalue weighted by Gasteiger charge is -2.09. The molecule has 0 aliphatic heterocycles. The van der Waals surface area contributed by atoms with E-state index in [1.165, 1.54) is 13.4 Å². The Hall–Kier alpha value is -2.86. The number of phenols is 1. The highest BCUT2D eigenvalue weighted by molar-refractivity contribution is 5.97. The summed E-state index contributed by atoms with van der Waals surface area (Å²) in [6, 6.07) is 11.7. The highest BCUT2D eigenvalue weighted by Crippen LogP contribution is 2.24. The number of carbonyl (C=O) groups excluding carboxylic acids is 1. The number of nitrogens with one attached hydrogen (secondary N) is 1. The standard InChI is InChI=1S/C16H13N3O3.ClH/c1-22-16(21)10-2-7-13-14(8-10)17-9-18-15(13)19-11-3-5-12(20)6-4-11;/h2-9,20H,1H3,(H,17,18,19);1H. The van der Waals surface area contributed by atoms with Crippen molar-refractivity contribution in [2.45, 2.75) is 0 Å². The first-order valence-electron chi connectivity index (χ1n) is 6.56. The number of halogens is 1. The third-order valence-electron chi connectivity index (χ3n) is 3.19. The molecule has 0 saturated heterocycles. The number of nitrogens with zero attached hydrogens (tertiary/aromatic N) is 2. The smallest absolute Gasteiger partial charge is 0.337 e. The van der Waals surface area contributed by atoms with Crippen molar-refractivity contribution in [2.75, 3.05) is 12.4 Å². The van der Waals surface area contributed by atoms with Gasteiger partial charge in [0.25, 0.3) is 0 Å². The van der Waals surface area contributed by atoms with Gasteiger partial charge < -0.3 is 15.2 Å². The second-order valence-electron chi connectivity index (χ2n) is 4.62. The summed E-state index contributed by atoms with van der Waals surface area (Å²) in [5.41, 5.74) is 1.86. The molecule has 3 rings (SSSR count). The number of hydrogen-bond acceptors (Lipinski definition) is 6. The average molecular weight is 332 g/mol. The van der Waals surface area contributed by atoms with Crippen LogP contribution in [0.4, 0.5) is 11.5 Å². The molecule has 7 heteroatoms. The van der Waals surface area contributed by atoms with E-state index < -0.39 is 5.97 Å². The Kier molecular flexibility index (Phi) is 4.98. The van der Waals surface area contributed by atoms with Crippen molar-refractivity contribution in [1.82, 2.24) is 9.97 Å². The van der Waals surface area contributed by atoms with Gasteiger partial charge in [0.05, 0.1) is 18.2 Å². The van der Waals surface area contributed by atoms with Gasteiger partial charge >= 0.3 is 5.97 Å². The molecule has 0 aliphatic carbocycles. The molecule has 0 saturated carbocycles. The number of aromatic nitrogens is 2. The quantitative estimate of drug-likeness (QED) is 0.566. The highest BCUT2D eigenvalue weighted by atomic mass is 35.5. The van der Waals surface area contributed by atoms with Gasteiger partial charge in [-0.25, -0.2) is 14.8 Å². The molecule has 0 amide bonds. The summed E-state index contributed by atoms with van der Waals surface area (Å²) in [4.78, 5) is 20.0. The highest BCUT2D eigenvalue weighted by Gasteiger charge is 2.09. The van der Waals surface area contributed by atoms with Gasteiger partial charge in [0.15, 0.2) is 0 Å². The number of esters is 1. The van der Waals surface area contributed by atoms with E-state index in [9.17, 15) is 9.90 Å². The zero-order valence-electron chi connectivity index (χ0n) is 12.2. The Morgan fingerprint density at radius 1 is 1.13 bits per heavy atom. The average Bonchev–Trinajstić information content (AvgIpc) is 2.56. The van der Waals surface area contributed by atoms with E-state index in [2.05, 4.69) is 15.3 Å². The minimum atomic E-state index is -0.409. The van der Waals surface area contributed by atoms with Crippen molar-refractivity contribution in [3.05, 3.63) is 54.4 Å². The molecule has 0 spiro atoms. The van der Waals surface area contributed by atoms with Crippen molar-refractivity contribution in [1.29, 1.82) is 0 Å². The number of carbonyl (C=O) groups is 1. The van der Waals surface area contributed by atoms with Gasteiger partial charge in [-0.15, -0.1) is 12.4 Å². The number of ether oxygens (including phenoxy) is 1. The minimum Gasteiger partial charge on any atom is -0.508 e. The first kappa shape index (κ1) is 16.5. The number of rotatable bonds is 3. The normalized spacial score (nSPS) is 9.96. The Bertz CT molecular complexity index is 838. The monoisotopic (exact) mass is 331 g/mol. The first-order valence-corrected chi connectivity index (χ1v) is 6.56. The molecule has 0 unspecified atom stereocenters. The molecule has 6 nitrogen and oxygen atoms in total. The maximum atomic E-state index is 11.6. The second-order valence-corrected chi connectivity index (χ2v) is 4.62. The van der Waals surface area contributed by atoms with Gasteiger partial charge in [0.1, 0.15) is 17.9 Å². The molecule has 2 N–H and O–H groups in total. The zero-order chi connectivity index (χ0) is 15.5. The lowest BCUT2D eigenvalue weighted by atomic mass is 10.1. The van der Waals surface area contributed by atoms with Gasteiger partial charge in [0, 0.05) is 11.1 Å². The summed E-state index contributed by atoms with van der Waals surface area (Å²) in [6.07, 6.45) is 1.42. The zero-order valence-corrected chi connectivity index (χ0v) is 13.0. The molecule has 0 radical (unpaired) electrons. The molecule has 23 heavy (non-hydrogen) atoms. The molecule has 3 aromatic rings. The van der Waals surface area contributed by atoms with Crippen LogP contribution in [0, 0.1) is 0 Å². The third kappa shape index (κ3) is 3.49. The summed E-state index contributed by atoms with van der Waals surface area (Å²) >= 11 is 0. The van der Waals surface area contributed by atoms with E-state index in [0.717, 1.165) is 11.1 Å². The number of hydrogen-bond donors (Lipinski definition) is 2. The van der Waals surface area contributed by atoms with Crippen LogP contribution in [0.1, 0.15) is 10.4 Å². The summed E-state index contributed by atoms with van der Waals surface area (Å²) in [6.45, 7) is 0. The molecule has 0 atom stereocenters. The summed E-state index contributed by atoms with van der Waals surface area (Å²) in [5.74, 6) is 0.404. The lowest BCUT2D eigenvalue weighted by Crippen LogP contribution is -2.02. The first-order chi connectivity index (χ1) is 10.7. The predicted octanol–water partition coefficient (Wildman–Crippen LogP) is 3.29. The Balaban J connectivity index is 0.00000192. The third-order valence-corrected chi connectivity index (χ3v) is 3.19. The number of methoxy groups -OCH3 is 1. The van der Waals surface area contributed by atoms with Crippen LogP contribution in [0.15, 0.2) is 48.8 Å².